The Morgan fingerprint density at radius 2 is 0.828 bits per heavy atom. The van der Waals surface area contributed by atoms with E-state index in [4.69, 9.17) is 0 Å². The van der Waals surface area contributed by atoms with E-state index in [1.807, 2.05) is 91.0 Å². The van der Waals surface area contributed by atoms with E-state index in [0.717, 1.165) is 66.3 Å². The maximum atomic E-state index is 15.6. The Kier molecular flexibility index (Phi) is 9.32. The molecule has 64 heavy (non-hydrogen) atoms. The number of aryl methyl sites for hydroxylation is 4. The third-order valence-electron chi connectivity index (χ3n) is 12.9. The molecule has 9 aromatic carbocycles. The van der Waals surface area contributed by atoms with Gasteiger partial charge in [-0.15, -0.1) is 0 Å². The van der Waals surface area contributed by atoms with Gasteiger partial charge < -0.3 is 4.57 Å². The van der Waals surface area contributed by atoms with E-state index in [1.165, 1.54) is 38.3 Å². The van der Waals surface area contributed by atoms with Crippen LogP contribution < -0.4 is 4.90 Å². The number of carbonyl (C=O) groups is 2. The van der Waals surface area contributed by atoms with Gasteiger partial charge in [-0.05, 0) is 132 Å². The van der Waals surface area contributed by atoms with Gasteiger partial charge in [0.2, 0.25) is 0 Å². The Labute approximate surface area is 373 Å². The molecule has 10 aromatic rings. The predicted octanol–water partition coefficient (Wildman–Crippen LogP) is 15.2. The van der Waals surface area contributed by atoms with Crippen LogP contribution in [0.5, 0.6) is 0 Å². The molecule has 0 radical (unpaired) electrons. The molecule has 11 rings (SSSR count). The van der Waals surface area contributed by atoms with Crippen molar-refractivity contribution in [3.63, 3.8) is 0 Å². The zero-order chi connectivity index (χ0) is 43.6. The lowest BCUT2D eigenvalue weighted by Gasteiger charge is -2.24. The van der Waals surface area contributed by atoms with E-state index in [0.29, 0.717) is 22.5 Å². The zero-order valence-corrected chi connectivity index (χ0v) is 36.2. The highest BCUT2D eigenvalue weighted by atomic mass is 16.2. The summed E-state index contributed by atoms with van der Waals surface area (Å²) in [7, 11) is 0. The number of carbonyl (C=O) groups excluding carboxylic acids is 2. The molecular weight excluding hydrogens is 781 g/mol. The summed E-state index contributed by atoms with van der Waals surface area (Å²) < 4.78 is 2.18. The molecule has 0 aliphatic carbocycles. The van der Waals surface area contributed by atoms with Crippen molar-refractivity contribution in [3.05, 3.63) is 228 Å². The highest BCUT2D eigenvalue weighted by Crippen LogP contribution is 2.47. The minimum absolute atomic E-state index is 0.348. The van der Waals surface area contributed by atoms with Crippen molar-refractivity contribution < 1.29 is 9.59 Å². The smallest absolute Gasteiger partial charge is 0.268 e. The Morgan fingerprint density at radius 3 is 1.31 bits per heavy atom. The molecule has 2 heterocycles. The molecule has 0 unspecified atom stereocenters. The summed E-state index contributed by atoms with van der Waals surface area (Å²) in [6.07, 6.45) is 0. The molecule has 0 atom stereocenters. The second-order valence-electron chi connectivity index (χ2n) is 17.1. The highest BCUT2D eigenvalue weighted by Gasteiger charge is 2.42. The lowest BCUT2D eigenvalue weighted by atomic mass is 9.90. The normalized spacial score (nSPS) is 12.4. The second-order valence-corrected chi connectivity index (χ2v) is 17.1. The SMILES string of the molecule is Cc1ccc(-c2ccc3c(c2)c2cc(-c4ccc(C)cc4C)ccc2n3-c2cccc3c2C(=O)N(c2c(-c4ccccc4)cc(-c4ccccc4)cc2-c2ccccc2)C3=O)c(C)c1. The van der Waals surface area contributed by atoms with Gasteiger partial charge in [-0.3, -0.25) is 9.59 Å². The molecule has 0 fully saturated rings. The van der Waals surface area contributed by atoms with E-state index in [2.05, 4.69) is 129 Å². The fourth-order valence-electron chi connectivity index (χ4n) is 9.90. The first-order chi connectivity index (χ1) is 31.2. The number of benzene rings is 9. The van der Waals surface area contributed by atoms with Crippen LogP contribution in [0.15, 0.2) is 194 Å². The quantitative estimate of drug-likeness (QED) is 0.150. The molecule has 4 heteroatoms. The number of aromatic nitrogens is 1. The Bertz CT molecular complexity index is 3340. The van der Waals surface area contributed by atoms with Gasteiger partial charge in [-0.1, -0.05) is 157 Å². The van der Waals surface area contributed by atoms with Crippen LogP contribution in [0.4, 0.5) is 5.69 Å². The maximum absolute atomic E-state index is 15.6. The Morgan fingerprint density at radius 1 is 0.344 bits per heavy atom. The van der Waals surface area contributed by atoms with Gasteiger partial charge in [0.25, 0.3) is 11.8 Å². The molecule has 0 bridgehead atoms. The van der Waals surface area contributed by atoms with E-state index in [9.17, 15) is 0 Å². The molecule has 1 aliphatic heterocycles. The molecule has 0 saturated carbocycles. The summed E-state index contributed by atoms with van der Waals surface area (Å²) >= 11 is 0. The van der Waals surface area contributed by atoms with Gasteiger partial charge in [-0.25, -0.2) is 4.90 Å². The summed E-state index contributed by atoms with van der Waals surface area (Å²) in [6.45, 7) is 8.57. The summed E-state index contributed by atoms with van der Waals surface area (Å²) in [5, 5.41) is 2.14. The lowest BCUT2D eigenvalue weighted by Crippen LogP contribution is -2.30. The number of imide groups is 1. The average Bonchev–Trinajstić information content (AvgIpc) is 3.78. The summed E-state index contributed by atoms with van der Waals surface area (Å²) in [5.74, 6) is -0.704. The van der Waals surface area contributed by atoms with Crippen molar-refractivity contribution in [1.29, 1.82) is 0 Å². The molecule has 0 spiro atoms. The topological polar surface area (TPSA) is 42.3 Å². The van der Waals surface area contributed by atoms with Crippen molar-refractivity contribution in [3.8, 4) is 61.3 Å². The van der Waals surface area contributed by atoms with Crippen LogP contribution >= 0.6 is 0 Å². The van der Waals surface area contributed by atoms with Gasteiger partial charge in [-0.2, -0.15) is 0 Å². The number of hydrogen-bond acceptors (Lipinski definition) is 2. The standard InChI is InChI=1S/C60H44N2O2/c1-37-23-27-47(39(3)31-37)44-25-29-54-52(33-44)53-34-45(48-28-24-38(2)32-40(48)4)26-30-55(53)61(54)56-22-14-21-49-57(56)60(64)62(59(49)63)58-50(42-17-10-6-11-18-42)35-46(41-15-8-5-9-16-41)36-51(58)43-19-12-7-13-20-43/h5-36H,1-4H3. The fraction of sp³-hybridized carbons (Fsp3) is 0.0667. The lowest BCUT2D eigenvalue weighted by molar-refractivity contribution is 0.0926. The van der Waals surface area contributed by atoms with Crippen molar-refractivity contribution in [2.24, 2.45) is 0 Å². The van der Waals surface area contributed by atoms with Crippen molar-refractivity contribution in [2.45, 2.75) is 27.7 Å². The van der Waals surface area contributed by atoms with Gasteiger partial charge in [0.15, 0.2) is 0 Å². The molecule has 1 aliphatic rings. The van der Waals surface area contributed by atoms with Crippen LogP contribution in [0.2, 0.25) is 0 Å². The fourth-order valence-corrected chi connectivity index (χ4v) is 9.90. The first-order valence-electron chi connectivity index (χ1n) is 21.8. The van der Waals surface area contributed by atoms with Gasteiger partial charge in [0.1, 0.15) is 0 Å². The van der Waals surface area contributed by atoms with E-state index < -0.39 is 0 Å². The summed E-state index contributed by atoms with van der Waals surface area (Å²) in [5.41, 5.74) is 18.8. The Balaban J connectivity index is 1.15. The average molecular weight is 825 g/mol. The van der Waals surface area contributed by atoms with Crippen molar-refractivity contribution >= 4 is 39.3 Å². The second kappa shape index (κ2) is 15.4. The van der Waals surface area contributed by atoms with Crippen LogP contribution in [-0.4, -0.2) is 16.4 Å². The maximum Gasteiger partial charge on any atom is 0.268 e. The monoisotopic (exact) mass is 824 g/mol. The van der Waals surface area contributed by atoms with Gasteiger partial charge in [0.05, 0.1) is 33.5 Å². The third kappa shape index (κ3) is 6.37. The molecule has 0 N–H and O–H groups in total. The number of amides is 2. The van der Waals surface area contributed by atoms with Crippen LogP contribution in [0.3, 0.4) is 0 Å². The van der Waals surface area contributed by atoms with E-state index in [-0.39, 0.29) is 11.8 Å². The van der Waals surface area contributed by atoms with E-state index >= 15 is 9.59 Å². The van der Waals surface area contributed by atoms with Crippen molar-refractivity contribution in [1.82, 2.24) is 4.57 Å². The summed E-state index contributed by atoms with van der Waals surface area (Å²) in [4.78, 5) is 32.2. The van der Waals surface area contributed by atoms with Crippen LogP contribution in [0.1, 0.15) is 43.0 Å². The predicted molar refractivity (Wildman–Crippen MR) is 264 cm³/mol. The van der Waals surface area contributed by atoms with Gasteiger partial charge in [0, 0.05) is 21.9 Å². The molecular formula is C60H44N2O2. The first-order valence-corrected chi connectivity index (χ1v) is 21.8. The minimum Gasteiger partial charge on any atom is -0.308 e. The molecule has 2 amide bonds. The molecule has 306 valence electrons. The van der Waals surface area contributed by atoms with Gasteiger partial charge >= 0.3 is 0 Å². The van der Waals surface area contributed by atoms with Crippen LogP contribution in [-0.2, 0) is 0 Å². The Hall–Kier alpha value is -8.08. The molecule has 1 aromatic heterocycles. The summed E-state index contributed by atoms with van der Waals surface area (Å²) in [6, 6.07) is 66.8. The number of nitrogens with zero attached hydrogens (tertiary/aromatic N) is 2. The van der Waals surface area contributed by atoms with Crippen LogP contribution in [0, 0.1) is 27.7 Å². The highest BCUT2D eigenvalue weighted by molar-refractivity contribution is 6.37. The zero-order valence-electron chi connectivity index (χ0n) is 36.2. The number of rotatable bonds is 7. The third-order valence-corrected chi connectivity index (χ3v) is 12.9. The van der Waals surface area contributed by atoms with Crippen LogP contribution in [0.25, 0.3) is 83.1 Å². The molecule has 0 saturated heterocycles. The largest absolute Gasteiger partial charge is 0.308 e. The molecule has 4 nitrogen and oxygen atoms in total. The number of hydrogen-bond donors (Lipinski definition) is 0. The van der Waals surface area contributed by atoms with E-state index in [1.54, 1.807) is 6.07 Å². The number of anilines is 1. The minimum atomic E-state index is -0.355. The number of fused-ring (bicyclic) bond motifs is 4. The first kappa shape index (κ1) is 38.8. The van der Waals surface area contributed by atoms with Crippen molar-refractivity contribution in [2.75, 3.05) is 4.90 Å².